The molecule has 0 aromatic heterocycles. The van der Waals surface area contributed by atoms with E-state index in [9.17, 15) is 4.79 Å². The van der Waals surface area contributed by atoms with E-state index in [4.69, 9.17) is 0 Å². The molecule has 0 radical (unpaired) electrons. The minimum absolute atomic E-state index is 0.404. The van der Waals surface area contributed by atoms with E-state index in [-0.39, 0.29) is 0 Å². The molecule has 1 N–H and O–H groups in total. The second-order valence-corrected chi connectivity index (χ2v) is 10.7. The van der Waals surface area contributed by atoms with Gasteiger partial charge in [-0.15, -0.1) is 0 Å². The lowest BCUT2D eigenvalue weighted by Gasteiger charge is -2.16. The first-order valence-electron chi connectivity index (χ1n) is 15.7. The van der Waals surface area contributed by atoms with Gasteiger partial charge in [0, 0.05) is 6.04 Å². The largest absolute Gasteiger partial charge is 0.356 e. The fraction of sp³-hybridized carbons (Fsp3) is 0.906. The molecule has 0 aliphatic rings. The summed E-state index contributed by atoms with van der Waals surface area (Å²) < 4.78 is 0. The summed E-state index contributed by atoms with van der Waals surface area (Å²) in [6, 6.07) is 0.404. The van der Waals surface area contributed by atoms with Crippen LogP contribution in [0.3, 0.4) is 0 Å². The van der Waals surface area contributed by atoms with Gasteiger partial charge in [-0.05, 0) is 38.5 Å². The number of hydrogen-bond donors (Lipinski definition) is 1. The van der Waals surface area contributed by atoms with Gasteiger partial charge in [0.1, 0.15) is 0 Å². The maximum atomic E-state index is 11.0. The van der Waals surface area contributed by atoms with Crippen molar-refractivity contribution in [1.82, 2.24) is 5.32 Å². The summed E-state index contributed by atoms with van der Waals surface area (Å²) in [5, 5.41) is 3.08. The van der Waals surface area contributed by atoms with Gasteiger partial charge < -0.3 is 5.32 Å². The van der Waals surface area contributed by atoms with Crippen molar-refractivity contribution in [2.45, 2.75) is 187 Å². The van der Waals surface area contributed by atoms with Crippen molar-refractivity contribution in [2.24, 2.45) is 0 Å². The Kier molecular flexibility index (Phi) is 29.5. The molecular formula is C32H63NO. The summed E-state index contributed by atoms with van der Waals surface area (Å²) in [7, 11) is 0. The molecule has 0 aliphatic carbocycles. The molecule has 0 saturated carbocycles. The quantitative estimate of drug-likeness (QED) is 0.0647. The number of carbonyl (C=O) groups excluding carboxylic acids is 1. The molecule has 0 aromatic carbocycles. The summed E-state index contributed by atoms with van der Waals surface area (Å²) in [6.07, 6.45) is 40.8. The van der Waals surface area contributed by atoms with E-state index in [1.807, 2.05) is 0 Å². The van der Waals surface area contributed by atoms with Crippen LogP contribution >= 0.6 is 0 Å². The van der Waals surface area contributed by atoms with Gasteiger partial charge >= 0.3 is 0 Å². The normalized spacial score (nSPS) is 12.4. The van der Waals surface area contributed by atoms with Crippen LogP contribution in [-0.4, -0.2) is 12.5 Å². The third kappa shape index (κ3) is 27.5. The summed E-state index contributed by atoms with van der Waals surface area (Å²) in [5.74, 6) is 0. The monoisotopic (exact) mass is 477 g/mol. The lowest BCUT2D eigenvalue weighted by atomic mass is 10.00. The number of carbonyl (C=O) groups is 1. The van der Waals surface area contributed by atoms with Gasteiger partial charge in [-0.2, -0.15) is 0 Å². The number of nitrogens with one attached hydrogen (secondary N) is 1. The summed E-state index contributed by atoms with van der Waals surface area (Å²) in [6.45, 7) is 4.57. The molecule has 0 rings (SSSR count). The molecule has 0 fully saturated rings. The first-order chi connectivity index (χ1) is 16.8. The van der Waals surface area contributed by atoms with E-state index in [0.29, 0.717) is 6.04 Å². The molecule has 1 amide bonds. The highest BCUT2D eigenvalue weighted by atomic mass is 16.1. The third-order valence-corrected chi connectivity index (χ3v) is 7.27. The van der Waals surface area contributed by atoms with Crippen LogP contribution in [0.2, 0.25) is 0 Å². The zero-order valence-electron chi connectivity index (χ0n) is 23.6. The number of allylic oxidation sites excluding steroid dienone is 2. The summed E-state index contributed by atoms with van der Waals surface area (Å²) >= 11 is 0. The van der Waals surface area contributed by atoms with Crippen LogP contribution in [0.4, 0.5) is 0 Å². The summed E-state index contributed by atoms with van der Waals surface area (Å²) in [4.78, 5) is 11.0. The summed E-state index contributed by atoms with van der Waals surface area (Å²) in [5.41, 5.74) is 0. The predicted molar refractivity (Wildman–Crippen MR) is 154 cm³/mol. The molecule has 2 heteroatoms. The van der Waals surface area contributed by atoms with Crippen LogP contribution in [-0.2, 0) is 4.79 Å². The second-order valence-electron chi connectivity index (χ2n) is 10.7. The van der Waals surface area contributed by atoms with Gasteiger partial charge in [-0.3, -0.25) is 4.79 Å². The van der Waals surface area contributed by atoms with E-state index in [2.05, 4.69) is 31.3 Å². The molecule has 0 spiro atoms. The van der Waals surface area contributed by atoms with Crippen LogP contribution in [0.1, 0.15) is 181 Å². The molecule has 0 aromatic rings. The Balaban J connectivity index is 3.44. The zero-order chi connectivity index (χ0) is 24.8. The van der Waals surface area contributed by atoms with Crippen LogP contribution in [0.5, 0.6) is 0 Å². The maximum absolute atomic E-state index is 11.0. The van der Waals surface area contributed by atoms with Crippen LogP contribution in [0.25, 0.3) is 0 Å². The Bertz CT molecular complexity index is 406. The predicted octanol–water partition coefficient (Wildman–Crippen LogP) is 10.8. The maximum Gasteiger partial charge on any atom is 0.207 e. The standard InChI is InChI=1S/C32H63NO/c1-3-5-7-9-11-13-15-16-17-18-20-22-24-26-28-30-32(33-31-34)29-27-25-23-21-19-14-12-10-8-6-4-2/h16-17,31-32H,3-15,18-30H2,1-2H3,(H,33,34)/b17-16-. The first-order valence-corrected chi connectivity index (χ1v) is 15.7. The first kappa shape index (κ1) is 33.2. The topological polar surface area (TPSA) is 29.1 Å². The molecule has 34 heavy (non-hydrogen) atoms. The van der Waals surface area contributed by atoms with Gasteiger partial charge in [0.15, 0.2) is 0 Å². The van der Waals surface area contributed by atoms with E-state index >= 15 is 0 Å². The van der Waals surface area contributed by atoms with Crippen molar-refractivity contribution >= 4 is 6.41 Å². The van der Waals surface area contributed by atoms with E-state index < -0.39 is 0 Å². The molecule has 0 heterocycles. The molecule has 2 nitrogen and oxygen atoms in total. The van der Waals surface area contributed by atoms with Gasteiger partial charge in [0.25, 0.3) is 0 Å². The highest BCUT2D eigenvalue weighted by Gasteiger charge is 2.06. The molecule has 1 atom stereocenters. The third-order valence-electron chi connectivity index (χ3n) is 7.27. The molecule has 1 unspecified atom stereocenters. The number of unbranched alkanes of at least 4 members (excludes halogenated alkanes) is 21. The SMILES string of the molecule is CCCCCCCC/C=C\CCCCCCCC(CCCCCCCCCCCCC)NC=O. The minimum Gasteiger partial charge on any atom is -0.356 e. The zero-order valence-corrected chi connectivity index (χ0v) is 23.6. The average molecular weight is 478 g/mol. The molecule has 0 bridgehead atoms. The van der Waals surface area contributed by atoms with E-state index in [0.717, 1.165) is 12.8 Å². The smallest absolute Gasteiger partial charge is 0.207 e. The number of rotatable bonds is 29. The van der Waals surface area contributed by atoms with Gasteiger partial charge in [-0.25, -0.2) is 0 Å². The lowest BCUT2D eigenvalue weighted by molar-refractivity contribution is -0.110. The van der Waals surface area contributed by atoms with Gasteiger partial charge in [0.2, 0.25) is 6.41 Å². The fourth-order valence-corrected chi connectivity index (χ4v) is 4.92. The Labute approximate surface area is 215 Å². The van der Waals surface area contributed by atoms with Crippen molar-refractivity contribution in [3.63, 3.8) is 0 Å². The van der Waals surface area contributed by atoms with E-state index in [1.165, 1.54) is 161 Å². The highest BCUT2D eigenvalue weighted by molar-refractivity contribution is 5.46. The van der Waals surface area contributed by atoms with Crippen LogP contribution in [0.15, 0.2) is 12.2 Å². The second kappa shape index (κ2) is 30.2. The average Bonchev–Trinajstić information content (AvgIpc) is 2.84. The van der Waals surface area contributed by atoms with Crippen molar-refractivity contribution in [3.05, 3.63) is 12.2 Å². The van der Waals surface area contributed by atoms with Gasteiger partial charge in [-0.1, -0.05) is 154 Å². The van der Waals surface area contributed by atoms with Crippen molar-refractivity contribution in [3.8, 4) is 0 Å². The fourth-order valence-electron chi connectivity index (χ4n) is 4.92. The minimum atomic E-state index is 0.404. The Morgan fingerprint density at radius 1 is 0.471 bits per heavy atom. The number of hydrogen-bond acceptors (Lipinski definition) is 1. The highest BCUT2D eigenvalue weighted by Crippen LogP contribution is 2.15. The van der Waals surface area contributed by atoms with Crippen molar-refractivity contribution in [2.75, 3.05) is 0 Å². The van der Waals surface area contributed by atoms with Crippen LogP contribution in [0, 0.1) is 0 Å². The van der Waals surface area contributed by atoms with Crippen molar-refractivity contribution in [1.29, 1.82) is 0 Å². The Morgan fingerprint density at radius 2 is 0.794 bits per heavy atom. The molecule has 0 saturated heterocycles. The lowest BCUT2D eigenvalue weighted by Crippen LogP contribution is -2.27. The van der Waals surface area contributed by atoms with Crippen molar-refractivity contribution < 1.29 is 4.79 Å². The Hall–Kier alpha value is -0.790. The Morgan fingerprint density at radius 3 is 1.15 bits per heavy atom. The van der Waals surface area contributed by atoms with Crippen LogP contribution < -0.4 is 5.32 Å². The van der Waals surface area contributed by atoms with E-state index in [1.54, 1.807) is 0 Å². The number of amides is 1. The molecule has 0 aliphatic heterocycles. The molecular weight excluding hydrogens is 414 g/mol. The van der Waals surface area contributed by atoms with Gasteiger partial charge in [0.05, 0.1) is 0 Å². The molecule has 202 valence electrons.